The SMILES string of the molecule is COc1ccc(CN(C)S(=O)(=O)c2ccc(F)c(-c3cn4c(n3)CC(C(F)(F)F)C4)c2)cc1. The van der Waals surface area contributed by atoms with Crippen LogP contribution in [0.2, 0.25) is 0 Å². The normalized spacial score (nSPS) is 16.3. The molecule has 0 saturated heterocycles. The molecule has 0 saturated carbocycles. The molecule has 0 fully saturated rings. The largest absolute Gasteiger partial charge is 0.497 e. The van der Waals surface area contributed by atoms with Crippen LogP contribution >= 0.6 is 0 Å². The predicted molar refractivity (Wildman–Crippen MR) is 113 cm³/mol. The molecular weight excluding hydrogens is 462 g/mol. The summed E-state index contributed by atoms with van der Waals surface area (Å²) in [6, 6.07) is 10.2. The van der Waals surface area contributed by atoms with Crippen molar-refractivity contribution < 1.29 is 30.7 Å². The van der Waals surface area contributed by atoms with Crippen molar-refractivity contribution in [3.8, 4) is 17.0 Å². The molecule has 1 aliphatic heterocycles. The molecule has 2 heterocycles. The molecule has 0 radical (unpaired) electrons. The van der Waals surface area contributed by atoms with Crippen molar-refractivity contribution in [3.63, 3.8) is 0 Å². The van der Waals surface area contributed by atoms with Crippen molar-refractivity contribution in [2.24, 2.45) is 5.92 Å². The van der Waals surface area contributed by atoms with Crippen molar-refractivity contribution in [2.45, 2.75) is 30.6 Å². The number of methoxy groups -OCH3 is 1. The average molecular weight is 483 g/mol. The summed E-state index contributed by atoms with van der Waals surface area (Å²) in [4.78, 5) is 4.00. The number of fused-ring (bicyclic) bond motifs is 1. The third kappa shape index (κ3) is 4.60. The lowest BCUT2D eigenvalue weighted by atomic mass is 10.1. The van der Waals surface area contributed by atoms with E-state index < -0.39 is 27.9 Å². The first-order valence-corrected chi connectivity index (χ1v) is 11.4. The van der Waals surface area contributed by atoms with Crippen LogP contribution in [-0.2, 0) is 29.5 Å². The zero-order valence-electron chi connectivity index (χ0n) is 17.8. The summed E-state index contributed by atoms with van der Waals surface area (Å²) in [5, 5.41) is 0. The number of nitrogens with zero attached hydrogens (tertiary/aromatic N) is 3. The van der Waals surface area contributed by atoms with Gasteiger partial charge in [-0.3, -0.25) is 0 Å². The standard InChI is InChI=1S/C22H21F4N3O3S/c1-28(11-14-3-5-16(32-2)6-4-14)33(30,31)17-7-8-19(23)18(10-17)20-13-29-12-15(22(24,25)26)9-21(29)27-20/h3-8,10,13,15H,9,11-12H2,1-2H3. The first-order chi connectivity index (χ1) is 15.5. The van der Waals surface area contributed by atoms with Gasteiger partial charge in [-0.15, -0.1) is 0 Å². The highest BCUT2D eigenvalue weighted by atomic mass is 32.2. The van der Waals surface area contributed by atoms with Crippen molar-refractivity contribution in [1.29, 1.82) is 0 Å². The van der Waals surface area contributed by atoms with Crippen LogP contribution in [0.25, 0.3) is 11.3 Å². The van der Waals surface area contributed by atoms with E-state index in [0.29, 0.717) is 5.75 Å². The smallest absolute Gasteiger partial charge is 0.393 e. The zero-order valence-corrected chi connectivity index (χ0v) is 18.6. The van der Waals surface area contributed by atoms with E-state index in [9.17, 15) is 26.0 Å². The maximum absolute atomic E-state index is 14.5. The number of ether oxygens (including phenoxy) is 1. The monoisotopic (exact) mass is 483 g/mol. The Bertz CT molecular complexity index is 1250. The molecule has 1 aromatic heterocycles. The summed E-state index contributed by atoms with van der Waals surface area (Å²) < 4.78 is 87.2. The highest BCUT2D eigenvalue weighted by Gasteiger charge is 2.44. The van der Waals surface area contributed by atoms with Crippen LogP contribution in [0.5, 0.6) is 5.75 Å². The lowest BCUT2D eigenvalue weighted by molar-refractivity contribution is -0.173. The third-order valence-corrected chi connectivity index (χ3v) is 7.45. The highest BCUT2D eigenvalue weighted by molar-refractivity contribution is 7.89. The van der Waals surface area contributed by atoms with Crippen LogP contribution in [-0.4, -0.2) is 42.6 Å². The van der Waals surface area contributed by atoms with E-state index in [2.05, 4.69) is 4.98 Å². The molecule has 0 aliphatic carbocycles. The van der Waals surface area contributed by atoms with Crippen molar-refractivity contribution in [2.75, 3.05) is 14.2 Å². The molecule has 6 nitrogen and oxygen atoms in total. The van der Waals surface area contributed by atoms with E-state index in [1.807, 2.05) is 0 Å². The molecule has 1 unspecified atom stereocenters. The summed E-state index contributed by atoms with van der Waals surface area (Å²) in [5.41, 5.74) is 0.742. The Hall–Kier alpha value is -2.92. The van der Waals surface area contributed by atoms with Crippen LogP contribution in [0.15, 0.2) is 53.6 Å². The van der Waals surface area contributed by atoms with Gasteiger partial charge >= 0.3 is 6.18 Å². The Labute approximate surface area is 188 Å². The van der Waals surface area contributed by atoms with Gasteiger partial charge in [-0.25, -0.2) is 17.8 Å². The number of rotatable bonds is 6. The Morgan fingerprint density at radius 3 is 2.48 bits per heavy atom. The van der Waals surface area contributed by atoms with Crippen molar-refractivity contribution >= 4 is 10.0 Å². The molecule has 2 aromatic carbocycles. The van der Waals surface area contributed by atoms with Crippen molar-refractivity contribution in [3.05, 3.63) is 65.9 Å². The molecule has 1 atom stereocenters. The second-order valence-electron chi connectivity index (χ2n) is 7.89. The number of hydrogen-bond acceptors (Lipinski definition) is 4. The van der Waals surface area contributed by atoms with Gasteiger partial charge in [0, 0.05) is 38.3 Å². The minimum atomic E-state index is -4.34. The molecule has 0 amide bonds. The van der Waals surface area contributed by atoms with Crippen LogP contribution in [0.4, 0.5) is 17.6 Å². The molecule has 11 heteroatoms. The van der Waals surface area contributed by atoms with Gasteiger partial charge in [-0.1, -0.05) is 12.1 Å². The van der Waals surface area contributed by atoms with Crippen molar-refractivity contribution in [1.82, 2.24) is 13.9 Å². The first-order valence-electron chi connectivity index (χ1n) is 10.0. The number of sulfonamides is 1. The molecule has 0 bridgehead atoms. The van der Waals surface area contributed by atoms with Gasteiger partial charge < -0.3 is 9.30 Å². The number of benzene rings is 2. The Morgan fingerprint density at radius 2 is 1.88 bits per heavy atom. The van der Waals surface area contributed by atoms with E-state index in [0.717, 1.165) is 28.1 Å². The predicted octanol–water partition coefficient (Wildman–Crippen LogP) is 4.25. The molecular formula is C22H21F4N3O3S. The van der Waals surface area contributed by atoms with Crippen LogP contribution in [0.1, 0.15) is 11.4 Å². The van der Waals surface area contributed by atoms with Gasteiger partial charge in [0.1, 0.15) is 17.4 Å². The zero-order chi connectivity index (χ0) is 24.0. The fraction of sp³-hybridized carbons (Fsp3) is 0.318. The number of aromatic nitrogens is 2. The number of hydrogen-bond donors (Lipinski definition) is 0. The van der Waals surface area contributed by atoms with Crippen LogP contribution in [0, 0.1) is 11.7 Å². The maximum Gasteiger partial charge on any atom is 0.393 e. The Morgan fingerprint density at radius 1 is 1.18 bits per heavy atom. The van der Waals surface area contributed by atoms with Gasteiger partial charge in [0.25, 0.3) is 0 Å². The van der Waals surface area contributed by atoms with Gasteiger partial charge in [-0.2, -0.15) is 17.5 Å². The molecule has 33 heavy (non-hydrogen) atoms. The summed E-state index contributed by atoms with van der Waals surface area (Å²) in [6.45, 7) is -0.216. The first kappa shape index (κ1) is 23.2. The number of halogens is 4. The van der Waals surface area contributed by atoms with Gasteiger partial charge in [0.15, 0.2) is 0 Å². The molecule has 3 aromatic rings. The van der Waals surface area contributed by atoms with Gasteiger partial charge in [0.2, 0.25) is 10.0 Å². The minimum Gasteiger partial charge on any atom is -0.497 e. The summed E-state index contributed by atoms with van der Waals surface area (Å²) in [6.07, 6.45) is -3.31. The van der Waals surface area contributed by atoms with E-state index in [-0.39, 0.29) is 41.5 Å². The quantitative estimate of drug-likeness (QED) is 0.492. The molecule has 0 N–H and O–H groups in total. The fourth-order valence-electron chi connectivity index (χ4n) is 3.76. The summed E-state index contributed by atoms with van der Waals surface area (Å²) >= 11 is 0. The second-order valence-corrected chi connectivity index (χ2v) is 9.93. The molecule has 0 spiro atoms. The number of alkyl halides is 3. The molecule has 1 aliphatic rings. The van der Waals surface area contributed by atoms with E-state index >= 15 is 0 Å². The minimum absolute atomic E-state index is 0.0800. The van der Waals surface area contributed by atoms with Gasteiger partial charge in [0.05, 0.1) is 23.6 Å². The van der Waals surface area contributed by atoms with E-state index in [1.54, 1.807) is 24.3 Å². The summed E-state index contributed by atoms with van der Waals surface area (Å²) in [7, 11) is -1.03. The van der Waals surface area contributed by atoms with E-state index in [1.165, 1.54) is 24.9 Å². The van der Waals surface area contributed by atoms with Gasteiger partial charge in [-0.05, 0) is 35.9 Å². The number of imidazole rings is 1. The van der Waals surface area contributed by atoms with Crippen LogP contribution in [0.3, 0.4) is 0 Å². The topological polar surface area (TPSA) is 64.4 Å². The summed E-state index contributed by atoms with van der Waals surface area (Å²) in [5.74, 6) is -1.41. The maximum atomic E-state index is 14.5. The molecule has 176 valence electrons. The Balaban J connectivity index is 1.58. The average Bonchev–Trinajstić information content (AvgIpc) is 3.34. The second kappa shape index (κ2) is 8.45. The van der Waals surface area contributed by atoms with Crippen LogP contribution < -0.4 is 4.74 Å². The molecule has 4 rings (SSSR count). The van der Waals surface area contributed by atoms with E-state index in [4.69, 9.17) is 4.74 Å². The lowest BCUT2D eigenvalue weighted by Crippen LogP contribution is -2.26. The third-order valence-electron chi connectivity index (χ3n) is 5.65. The Kier molecular flexibility index (Phi) is 5.95. The lowest BCUT2D eigenvalue weighted by Gasteiger charge is -2.18. The highest BCUT2D eigenvalue weighted by Crippen LogP contribution is 2.36. The fourth-order valence-corrected chi connectivity index (χ4v) is 4.95.